The Balaban J connectivity index is 2.09. The third-order valence-electron chi connectivity index (χ3n) is 3.62. The Hall–Kier alpha value is -1.10. The number of ether oxygens (including phenoxy) is 2. The van der Waals surface area contributed by atoms with Gasteiger partial charge in [0.25, 0.3) is 0 Å². The predicted octanol–water partition coefficient (Wildman–Crippen LogP) is 2.18. The molecule has 0 aromatic heterocycles. The van der Waals surface area contributed by atoms with Gasteiger partial charge < -0.3 is 19.7 Å². The number of benzene rings is 1. The Kier molecular flexibility index (Phi) is 4.80. The zero-order valence-corrected chi connectivity index (χ0v) is 11.5. The van der Waals surface area contributed by atoms with Crippen LogP contribution in [0.5, 0.6) is 5.75 Å². The van der Waals surface area contributed by atoms with Gasteiger partial charge in [-0.05, 0) is 18.1 Å². The molecule has 1 heterocycles. The minimum Gasteiger partial charge on any atom is -0.496 e. The Labute approximate surface area is 114 Å². The van der Waals surface area contributed by atoms with Gasteiger partial charge in [-0.1, -0.05) is 25.5 Å². The molecule has 1 aliphatic heterocycles. The molecule has 0 saturated heterocycles. The van der Waals surface area contributed by atoms with Crippen molar-refractivity contribution in [3.63, 3.8) is 0 Å². The molecule has 106 valence electrons. The lowest BCUT2D eigenvalue weighted by atomic mass is 9.96. The van der Waals surface area contributed by atoms with Crippen LogP contribution in [0.25, 0.3) is 0 Å². The predicted molar refractivity (Wildman–Crippen MR) is 72.1 cm³/mol. The fourth-order valence-electron chi connectivity index (χ4n) is 2.58. The van der Waals surface area contributed by atoms with Crippen molar-refractivity contribution in [1.82, 2.24) is 0 Å². The standard InChI is InChI=1S/C15H22O4/c1-3-5-11(16)12(17)8-14-15-10(9-19-14)6-4-7-13(15)18-2/h4,6-7,11-12,14,16-17H,3,5,8-9H2,1-2H3. The fraction of sp³-hybridized carbons (Fsp3) is 0.600. The van der Waals surface area contributed by atoms with Gasteiger partial charge in [-0.15, -0.1) is 0 Å². The van der Waals surface area contributed by atoms with Crippen LogP contribution in [0.2, 0.25) is 0 Å². The van der Waals surface area contributed by atoms with Gasteiger partial charge in [-0.25, -0.2) is 0 Å². The fourth-order valence-corrected chi connectivity index (χ4v) is 2.58. The van der Waals surface area contributed by atoms with Gasteiger partial charge in [0, 0.05) is 12.0 Å². The number of aliphatic hydroxyl groups excluding tert-OH is 2. The van der Waals surface area contributed by atoms with Gasteiger partial charge in [-0.2, -0.15) is 0 Å². The molecule has 0 spiro atoms. The van der Waals surface area contributed by atoms with E-state index in [-0.39, 0.29) is 6.10 Å². The molecular formula is C15H22O4. The first-order valence-electron chi connectivity index (χ1n) is 6.80. The first-order valence-corrected chi connectivity index (χ1v) is 6.80. The Morgan fingerprint density at radius 1 is 1.37 bits per heavy atom. The highest BCUT2D eigenvalue weighted by Gasteiger charge is 2.30. The van der Waals surface area contributed by atoms with Gasteiger partial charge in [0.1, 0.15) is 5.75 Å². The molecule has 0 radical (unpaired) electrons. The van der Waals surface area contributed by atoms with Crippen LogP contribution < -0.4 is 4.74 Å². The minimum atomic E-state index is -0.763. The number of fused-ring (bicyclic) bond motifs is 1. The summed E-state index contributed by atoms with van der Waals surface area (Å²) >= 11 is 0. The molecule has 4 heteroatoms. The number of hydrogen-bond donors (Lipinski definition) is 2. The minimum absolute atomic E-state index is 0.201. The molecule has 2 rings (SSSR count). The quantitative estimate of drug-likeness (QED) is 0.828. The van der Waals surface area contributed by atoms with Crippen LogP contribution in [0.15, 0.2) is 18.2 Å². The van der Waals surface area contributed by atoms with Crippen molar-refractivity contribution >= 4 is 0 Å². The monoisotopic (exact) mass is 266 g/mol. The van der Waals surface area contributed by atoms with E-state index in [1.54, 1.807) is 7.11 Å². The van der Waals surface area contributed by atoms with Gasteiger partial charge in [0.2, 0.25) is 0 Å². The summed E-state index contributed by atoms with van der Waals surface area (Å²) in [6.07, 6.45) is 0.200. The number of methoxy groups -OCH3 is 1. The summed E-state index contributed by atoms with van der Waals surface area (Å²) in [6.45, 7) is 2.52. The SMILES string of the molecule is CCCC(O)C(O)CC1OCc2cccc(OC)c21. The molecular weight excluding hydrogens is 244 g/mol. The van der Waals surface area contributed by atoms with E-state index in [0.29, 0.717) is 19.4 Å². The summed E-state index contributed by atoms with van der Waals surface area (Å²) in [5.74, 6) is 0.789. The van der Waals surface area contributed by atoms with E-state index in [4.69, 9.17) is 9.47 Å². The maximum Gasteiger partial charge on any atom is 0.125 e. The molecule has 1 aromatic rings. The van der Waals surface area contributed by atoms with Crippen LogP contribution in [0.4, 0.5) is 0 Å². The van der Waals surface area contributed by atoms with E-state index in [1.165, 1.54) is 0 Å². The zero-order chi connectivity index (χ0) is 13.8. The van der Waals surface area contributed by atoms with E-state index >= 15 is 0 Å². The summed E-state index contributed by atoms with van der Waals surface area (Å²) in [7, 11) is 1.63. The van der Waals surface area contributed by atoms with Crippen molar-refractivity contribution in [3.8, 4) is 5.75 Å². The first kappa shape index (κ1) is 14.3. The van der Waals surface area contributed by atoms with Gasteiger partial charge in [-0.3, -0.25) is 0 Å². The first-order chi connectivity index (χ1) is 9.17. The Morgan fingerprint density at radius 3 is 2.84 bits per heavy atom. The molecule has 0 fully saturated rings. The van der Waals surface area contributed by atoms with Crippen LogP contribution in [-0.4, -0.2) is 29.5 Å². The number of hydrogen-bond acceptors (Lipinski definition) is 4. The molecule has 4 nitrogen and oxygen atoms in total. The number of rotatable bonds is 6. The molecule has 1 aliphatic rings. The second-order valence-electron chi connectivity index (χ2n) is 4.99. The lowest BCUT2D eigenvalue weighted by molar-refractivity contribution is -0.0336. The average Bonchev–Trinajstić information content (AvgIpc) is 2.82. The highest BCUT2D eigenvalue weighted by atomic mass is 16.5. The smallest absolute Gasteiger partial charge is 0.125 e. The normalized spacial score (nSPS) is 20.9. The topological polar surface area (TPSA) is 58.9 Å². The van der Waals surface area contributed by atoms with Crippen molar-refractivity contribution in [2.45, 2.75) is 51.1 Å². The summed E-state index contributed by atoms with van der Waals surface area (Å²) in [4.78, 5) is 0. The largest absolute Gasteiger partial charge is 0.496 e. The van der Waals surface area contributed by atoms with Crippen LogP contribution in [0.3, 0.4) is 0 Å². The molecule has 0 aliphatic carbocycles. The molecule has 19 heavy (non-hydrogen) atoms. The van der Waals surface area contributed by atoms with E-state index < -0.39 is 12.2 Å². The second kappa shape index (κ2) is 6.37. The Bertz CT molecular complexity index is 419. The molecule has 0 bridgehead atoms. The van der Waals surface area contributed by atoms with Crippen LogP contribution in [0.1, 0.15) is 43.4 Å². The van der Waals surface area contributed by atoms with Crippen molar-refractivity contribution in [2.75, 3.05) is 7.11 Å². The molecule has 0 amide bonds. The van der Waals surface area contributed by atoms with E-state index in [1.807, 2.05) is 25.1 Å². The maximum absolute atomic E-state index is 10.0. The molecule has 2 N–H and O–H groups in total. The lowest BCUT2D eigenvalue weighted by Gasteiger charge is -2.21. The highest BCUT2D eigenvalue weighted by Crippen LogP contribution is 2.40. The maximum atomic E-state index is 10.0. The second-order valence-corrected chi connectivity index (χ2v) is 4.99. The Morgan fingerprint density at radius 2 is 2.16 bits per heavy atom. The van der Waals surface area contributed by atoms with E-state index in [9.17, 15) is 10.2 Å². The molecule has 1 aromatic carbocycles. The van der Waals surface area contributed by atoms with E-state index in [2.05, 4.69) is 0 Å². The van der Waals surface area contributed by atoms with Crippen LogP contribution in [0, 0.1) is 0 Å². The number of aliphatic hydroxyl groups is 2. The summed E-state index contributed by atoms with van der Waals surface area (Å²) in [5, 5.41) is 19.8. The molecule has 0 saturated carbocycles. The third-order valence-corrected chi connectivity index (χ3v) is 3.62. The van der Waals surface area contributed by atoms with Crippen molar-refractivity contribution in [3.05, 3.63) is 29.3 Å². The van der Waals surface area contributed by atoms with Gasteiger partial charge in [0.15, 0.2) is 0 Å². The lowest BCUT2D eigenvalue weighted by Crippen LogP contribution is -2.27. The molecule has 3 atom stereocenters. The highest BCUT2D eigenvalue weighted by molar-refractivity contribution is 5.43. The van der Waals surface area contributed by atoms with Crippen LogP contribution >= 0.6 is 0 Å². The average molecular weight is 266 g/mol. The van der Waals surface area contributed by atoms with Crippen molar-refractivity contribution in [2.24, 2.45) is 0 Å². The van der Waals surface area contributed by atoms with E-state index in [0.717, 1.165) is 23.3 Å². The third kappa shape index (κ3) is 3.08. The zero-order valence-electron chi connectivity index (χ0n) is 11.5. The van der Waals surface area contributed by atoms with Gasteiger partial charge >= 0.3 is 0 Å². The molecule has 3 unspecified atom stereocenters. The summed E-state index contributed by atoms with van der Waals surface area (Å²) in [5.41, 5.74) is 2.11. The van der Waals surface area contributed by atoms with Crippen molar-refractivity contribution < 1.29 is 19.7 Å². The van der Waals surface area contributed by atoms with Gasteiger partial charge in [0.05, 0.1) is 32.0 Å². The summed E-state index contributed by atoms with van der Waals surface area (Å²) < 4.78 is 11.1. The summed E-state index contributed by atoms with van der Waals surface area (Å²) in [6, 6.07) is 5.84. The van der Waals surface area contributed by atoms with Crippen molar-refractivity contribution in [1.29, 1.82) is 0 Å². The van der Waals surface area contributed by atoms with Crippen LogP contribution in [-0.2, 0) is 11.3 Å².